The molecular formula is C16H21F3IN5O. The van der Waals surface area contributed by atoms with E-state index in [1.54, 1.807) is 6.92 Å². The number of guanidine groups is 1. The summed E-state index contributed by atoms with van der Waals surface area (Å²) in [6.45, 7) is 5.11. The highest BCUT2D eigenvalue weighted by Crippen LogP contribution is 2.29. The number of benzene rings is 1. The van der Waals surface area contributed by atoms with E-state index in [0.717, 1.165) is 17.7 Å². The fraction of sp³-hybridized carbons (Fsp3) is 0.438. The summed E-state index contributed by atoms with van der Waals surface area (Å²) in [5, 5.41) is 9.88. The average Bonchev–Trinajstić information content (AvgIpc) is 2.98. The number of aryl methyl sites for hydroxylation is 1. The molecule has 0 aliphatic rings. The van der Waals surface area contributed by atoms with Crippen LogP contribution in [0.25, 0.3) is 0 Å². The third-order valence-corrected chi connectivity index (χ3v) is 3.27. The molecule has 1 heterocycles. The first-order chi connectivity index (χ1) is 11.9. The predicted octanol–water partition coefficient (Wildman–Crippen LogP) is 3.31. The molecule has 10 heteroatoms. The first-order valence-electron chi connectivity index (χ1n) is 7.86. The second-order valence-corrected chi connectivity index (χ2v) is 5.30. The second-order valence-electron chi connectivity index (χ2n) is 5.30. The van der Waals surface area contributed by atoms with E-state index in [0.29, 0.717) is 37.2 Å². The first kappa shape index (κ1) is 22.2. The van der Waals surface area contributed by atoms with Crippen LogP contribution in [0.1, 0.15) is 29.8 Å². The van der Waals surface area contributed by atoms with Gasteiger partial charge in [0, 0.05) is 13.1 Å². The molecule has 0 fully saturated rings. The van der Waals surface area contributed by atoms with Gasteiger partial charge in [-0.25, -0.2) is 4.99 Å². The minimum absolute atomic E-state index is 0. The summed E-state index contributed by atoms with van der Waals surface area (Å²) in [5.41, 5.74) is 0.165. The van der Waals surface area contributed by atoms with Crippen molar-refractivity contribution in [1.82, 2.24) is 20.8 Å². The van der Waals surface area contributed by atoms with Gasteiger partial charge >= 0.3 is 6.18 Å². The monoisotopic (exact) mass is 483 g/mol. The highest BCUT2D eigenvalue weighted by molar-refractivity contribution is 14.0. The van der Waals surface area contributed by atoms with Gasteiger partial charge in [-0.15, -0.1) is 24.0 Å². The molecule has 0 radical (unpaired) electrons. The molecular weight excluding hydrogens is 462 g/mol. The van der Waals surface area contributed by atoms with Crippen LogP contribution in [-0.4, -0.2) is 29.2 Å². The molecule has 0 aliphatic heterocycles. The highest BCUT2D eigenvalue weighted by Gasteiger charge is 2.29. The minimum atomic E-state index is -4.31. The summed E-state index contributed by atoms with van der Waals surface area (Å²) in [6, 6.07) is 5.14. The molecule has 26 heavy (non-hydrogen) atoms. The minimum Gasteiger partial charge on any atom is -0.357 e. The maximum absolute atomic E-state index is 12.5. The maximum atomic E-state index is 12.5. The van der Waals surface area contributed by atoms with Crippen molar-refractivity contribution in [2.24, 2.45) is 4.99 Å². The topological polar surface area (TPSA) is 75.3 Å². The summed E-state index contributed by atoms with van der Waals surface area (Å²) in [4.78, 5) is 8.39. The summed E-state index contributed by atoms with van der Waals surface area (Å²) < 4.78 is 42.6. The van der Waals surface area contributed by atoms with Crippen LogP contribution < -0.4 is 10.6 Å². The van der Waals surface area contributed by atoms with E-state index in [1.807, 2.05) is 6.92 Å². The lowest BCUT2D eigenvalue weighted by Crippen LogP contribution is -2.38. The number of aliphatic imine (C=N–C) groups is 1. The lowest BCUT2D eigenvalue weighted by molar-refractivity contribution is -0.137. The van der Waals surface area contributed by atoms with E-state index in [-0.39, 0.29) is 30.5 Å². The van der Waals surface area contributed by atoms with Crippen LogP contribution in [-0.2, 0) is 19.1 Å². The Morgan fingerprint density at radius 1 is 1.19 bits per heavy atom. The van der Waals surface area contributed by atoms with Crippen LogP contribution in [0.4, 0.5) is 13.2 Å². The standard InChI is InChI=1S/C16H20F3N5O.HI/c1-3-20-15(22-10-14-23-11(2)24-25-14)21-9-8-12-4-6-13(7-5-12)16(17,18)19;/h4-7H,3,8-10H2,1-2H3,(H2,20,21,22);1H. The van der Waals surface area contributed by atoms with Crippen LogP contribution in [0.2, 0.25) is 0 Å². The van der Waals surface area contributed by atoms with Gasteiger partial charge in [-0.3, -0.25) is 0 Å². The first-order valence-corrected chi connectivity index (χ1v) is 7.86. The quantitative estimate of drug-likeness (QED) is 0.375. The van der Waals surface area contributed by atoms with Gasteiger partial charge in [0.1, 0.15) is 6.54 Å². The lowest BCUT2D eigenvalue weighted by Gasteiger charge is -2.11. The second kappa shape index (κ2) is 10.3. The summed E-state index contributed by atoms with van der Waals surface area (Å²) in [6.07, 6.45) is -3.74. The molecule has 0 saturated heterocycles. The van der Waals surface area contributed by atoms with Crippen molar-refractivity contribution < 1.29 is 17.7 Å². The van der Waals surface area contributed by atoms with Gasteiger partial charge in [-0.2, -0.15) is 18.2 Å². The normalized spacial score (nSPS) is 11.8. The van der Waals surface area contributed by atoms with Crippen LogP contribution >= 0.6 is 24.0 Å². The molecule has 0 unspecified atom stereocenters. The van der Waals surface area contributed by atoms with E-state index >= 15 is 0 Å². The van der Waals surface area contributed by atoms with Crippen molar-refractivity contribution in [2.45, 2.75) is 33.0 Å². The van der Waals surface area contributed by atoms with Gasteiger partial charge in [0.15, 0.2) is 11.8 Å². The largest absolute Gasteiger partial charge is 0.416 e. The number of hydrogen-bond donors (Lipinski definition) is 2. The Morgan fingerprint density at radius 3 is 2.42 bits per heavy atom. The van der Waals surface area contributed by atoms with E-state index in [1.165, 1.54) is 12.1 Å². The molecule has 0 aliphatic carbocycles. The molecule has 2 N–H and O–H groups in total. The third-order valence-electron chi connectivity index (χ3n) is 3.27. The van der Waals surface area contributed by atoms with Crippen molar-refractivity contribution in [3.63, 3.8) is 0 Å². The van der Waals surface area contributed by atoms with Gasteiger partial charge in [-0.1, -0.05) is 17.3 Å². The Hall–Kier alpha value is -1.85. The van der Waals surface area contributed by atoms with Crippen molar-refractivity contribution in [3.8, 4) is 0 Å². The Labute approximate surface area is 166 Å². The van der Waals surface area contributed by atoms with E-state index < -0.39 is 11.7 Å². The Morgan fingerprint density at radius 2 is 1.88 bits per heavy atom. The molecule has 0 atom stereocenters. The zero-order chi connectivity index (χ0) is 18.3. The van der Waals surface area contributed by atoms with E-state index in [9.17, 15) is 13.2 Å². The van der Waals surface area contributed by atoms with E-state index in [4.69, 9.17) is 4.52 Å². The maximum Gasteiger partial charge on any atom is 0.416 e. The lowest BCUT2D eigenvalue weighted by atomic mass is 10.1. The molecule has 2 aromatic rings. The van der Waals surface area contributed by atoms with Gasteiger partial charge in [0.2, 0.25) is 5.89 Å². The van der Waals surface area contributed by atoms with Gasteiger partial charge in [0.25, 0.3) is 0 Å². The molecule has 0 spiro atoms. The van der Waals surface area contributed by atoms with E-state index in [2.05, 4.69) is 25.8 Å². The molecule has 1 aromatic carbocycles. The summed E-state index contributed by atoms with van der Waals surface area (Å²) >= 11 is 0. The fourth-order valence-corrected chi connectivity index (χ4v) is 2.08. The molecule has 1 aromatic heterocycles. The zero-order valence-corrected chi connectivity index (χ0v) is 16.8. The number of rotatable bonds is 6. The molecule has 0 bridgehead atoms. The Balaban J connectivity index is 0.00000338. The number of hydrogen-bond acceptors (Lipinski definition) is 4. The molecule has 144 valence electrons. The third kappa shape index (κ3) is 7.18. The van der Waals surface area contributed by atoms with Crippen molar-refractivity contribution >= 4 is 29.9 Å². The van der Waals surface area contributed by atoms with Crippen molar-refractivity contribution in [2.75, 3.05) is 13.1 Å². The molecule has 0 amide bonds. The Bertz CT molecular complexity index is 701. The molecule has 0 saturated carbocycles. The number of alkyl halides is 3. The average molecular weight is 483 g/mol. The number of aromatic nitrogens is 2. The number of nitrogens with one attached hydrogen (secondary N) is 2. The van der Waals surface area contributed by atoms with Crippen LogP contribution in [0.3, 0.4) is 0 Å². The smallest absolute Gasteiger partial charge is 0.357 e. The predicted molar refractivity (Wildman–Crippen MR) is 102 cm³/mol. The fourth-order valence-electron chi connectivity index (χ4n) is 2.08. The van der Waals surface area contributed by atoms with Crippen molar-refractivity contribution in [1.29, 1.82) is 0 Å². The SMILES string of the molecule is CCNC(=NCc1nc(C)no1)NCCc1ccc(C(F)(F)F)cc1.I. The summed E-state index contributed by atoms with van der Waals surface area (Å²) in [5.74, 6) is 1.54. The van der Waals surface area contributed by atoms with Crippen LogP contribution in [0.15, 0.2) is 33.8 Å². The van der Waals surface area contributed by atoms with Crippen LogP contribution in [0, 0.1) is 6.92 Å². The van der Waals surface area contributed by atoms with Crippen molar-refractivity contribution in [3.05, 3.63) is 47.1 Å². The molecule has 2 rings (SSSR count). The van der Waals surface area contributed by atoms with Gasteiger partial charge in [0.05, 0.1) is 5.56 Å². The van der Waals surface area contributed by atoms with Gasteiger partial charge < -0.3 is 15.2 Å². The van der Waals surface area contributed by atoms with Gasteiger partial charge in [-0.05, 0) is 38.0 Å². The zero-order valence-electron chi connectivity index (χ0n) is 14.4. The Kier molecular flexibility index (Phi) is 8.82. The van der Waals surface area contributed by atoms with Crippen LogP contribution in [0.5, 0.6) is 0 Å². The molecule has 6 nitrogen and oxygen atoms in total. The number of halogens is 4. The number of nitrogens with zero attached hydrogens (tertiary/aromatic N) is 3. The summed E-state index contributed by atoms with van der Waals surface area (Å²) in [7, 11) is 0. The highest BCUT2D eigenvalue weighted by atomic mass is 127.